The van der Waals surface area contributed by atoms with Gasteiger partial charge in [-0.05, 0) is 234 Å². The van der Waals surface area contributed by atoms with Crippen LogP contribution in [0.3, 0.4) is 0 Å². The van der Waals surface area contributed by atoms with Gasteiger partial charge >= 0.3 is 0 Å². The fourth-order valence-corrected chi connectivity index (χ4v) is 20.7. The van der Waals surface area contributed by atoms with Crippen LogP contribution < -0.4 is 0 Å². The fourth-order valence-electron chi connectivity index (χ4n) is 20.7. The maximum Gasteiger partial charge on any atom is -0.0251 e. The van der Waals surface area contributed by atoms with Gasteiger partial charge in [0.15, 0.2) is 0 Å². The van der Waals surface area contributed by atoms with Crippen LogP contribution in [0.25, 0.3) is 0 Å². The monoisotopic (exact) mass is 1250 g/mol. The summed E-state index contributed by atoms with van der Waals surface area (Å²) in [5.41, 5.74) is 4.78. The molecule has 8 saturated carbocycles. The van der Waals surface area contributed by atoms with Gasteiger partial charge in [0.05, 0.1) is 0 Å². The van der Waals surface area contributed by atoms with Crippen LogP contribution in [0.5, 0.6) is 0 Å². The second-order valence-electron chi connectivity index (χ2n) is 38.5. The lowest BCUT2D eigenvalue weighted by molar-refractivity contribution is 0.0340. The highest BCUT2D eigenvalue weighted by Gasteiger charge is 2.42. The molecule has 0 heterocycles. The van der Waals surface area contributed by atoms with Crippen LogP contribution in [0, 0.1) is 144 Å². The van der Waals surface area contributed by atoms with Crippen LogP contribution in [0.4, 0.5) is 0 Å². The van der Waals surface area contributed by atoms with Gasteiger partial charge in [0.2, 0.25) is 0 Å². The molecule has 0 bridgehead atoms. The Balaban J connectivity index is 0.000000511. The Kier molecular flexibility index (Phi) is 39.7. The zero-order chi connectivity index (χ0) is 68.5. The van der Waals surface area contributed by atoms with E-state index >= 15 is 0 Å². The van der Waals surface area contributed by atoms with Gasteiger partial charge in [0.25, 0.3) is 0 Å². The Morgan fingerprint density at radius 2 is 0.730 bits per heavy atom. The molecule has 8 fully saturated rings. The van der Waals surface area contributed by atoms with E-state index in [-0.39, 0.29) is 0 Å². The van der Waals surface area contributed by atoms with Crippen molar-refractivity contribution in [3.8, 4) is 0 Å². The van der Waals surface area contributed by atoms with Crippen LogP contribution >= 0.6 is 0 Å². The normalized spacial score (nSPS) is 35.8. The standard InChI is InChI=1S/C15H30.2C12H24.C11H22.3C10H20.C9H18/c1-7-13-12(6)8-9-14(10(2)3)15(13)11(4)5;1-5-12(10(2)3)8-6-11(4)7-9-12;1-5-12(10(2)3)9-7-6-8-11(12)4;1-4-11(10(2)3)8-6-5-7-9-11;2*1-8(2)10(4)6-5-9(3)7-10;1-8(2)10(4)7-5-6-9(10)3;1-8(2)9(3)6-4-5-7-9/h10-15H,7-9H2,1-6H3;2*10-11H,5-9H2,1-4H3;10H,4-9H2,1-3H3;3*8-9H,5-7H2,1-4H3;8H,4-7H2,1-3H3. The molecule has 0 aromatic carbocycles. The lowest BCUT2D eigenvalue weighted by Crippen LogP contribution is -2.38. The van der Waals surface area contributed by atoms with Crippen molar-refractivity contribution < 1.29 is 0 Å². The lowest BCUT2D eigenvalue weighted by Gasteiger charge is -2.46. The predicted molar refractivity (Wildman–Crippen MR) is 409 cm³/mol. The Morgan fingerprint density at radius 3 is 0.989 bits per heavy atom. The van der Waals surface area contributed by atoms with E-state index in [0.29, 0.717) is 32.5 Å². The minimum atomic E-state index is 0.653. The van der Waals surface area contributed by atoms with Crippen molar-refractivity contribution in [2.45, 2.75) is 427 Å². The summed E-state index contributed by atoms with van der Waals surface area (Å²) >= 11 is 0. The quantitative estimate of drug-likeness (QED) is 0.172. The van der Waals surface area contributed by atoms with E-state index in [9.17, 15) is 0 Å². The van der Waals surface area contributed by atoms with Gasteiger partial charge in [-0.25, -0.2) is 0 Å². The van der Waals surface area contributed by atoms with Crippen LogP contribution in [0.1, 0.15) is 427 Å². The molecule has 8 rings (SSSR count). The summed E-state index contributed by atoms with van der Waals surface area (Å²) in [6.45, 7) is 76.8. The molecule has 0 saturated heterocycles. The van der Waals surface area contributed by atoms with E-state index in [0.717, 1.165) is 112 Å². The van der Waals surface area contributed by atoms with Gasteiger partial charge in [0.1, 0.15) is 0 Å². The van der Waals surface area contributed by atoms with Gasteiger partial charge in [-0.2, -0.15) is 0 Å². The maximum atomic E-state index is 2.47. The lowest BCUT2D eigenvalue weighted by atomic mass is 9.60. The molecule has 0 nitrogen and oxygen atoms in total. The van der Waals surface area contributed by atoms with Crippen molar-refractivity contribution in [2.75, 3.05) is 0 Å². The van der Waals surface area contributed by atoms with Gasteiger partial charge < -0.3 is 0 Å². The minimum absolute atomic E-state index is 0.653. The first-order chi connectivity index (χ1) is 41.2. The third-order valence-corrected chi connectivity index (χ3v) is 30.8. The van der Waals surface area contributed by atoms with Gasteiger partial charge in [-0.15, -0.1) is 0 Å². The number of hydrogen-bond donors (Lipinski definition) is 0. The van der Waals surface area contributed by atoms with Gasteiger partial charge in [-0.1, -0.05) is 337 Å². The highest BCUT2D eigenvalue weighted by Crippen LogP contribution is 2.53. The van der Waals surface area contributed by atoms with Crippen LogP contribution in [0.2, 0.25) is 0 Å². The van der Waals surface area contributed by atoms with Crippen molar-refractivity contribution in [3.63, 3.8) is 0 Å². The van der Waals surface area contributed by atoms with Crippen molar-refractivity contribution >= 4 is 0 Å². The van der Waals surface area contributed by atoms with E-state index in [4.69, 9.17) is 0 Å². The Bertz CT molecular complexity index is 1720. The molecule has 0 amide bonds. The third kappa shape index (κ3) is 26.1. The Morgan fingerprint density at radius 1 is 0.315 bits per heavy atom. The zero-order valence-corrected chi connectivity index (χ0v) is 68.5. The molecular formula is C89H178. The molecule has 12 unspecified atom stereocenters. The average Bonchev–Trinajstić information content (AvgIpc) is 2.07. The molecule has 0 aromatic heterocycles. The number of rotatable bonds is 13. The zero-order valence-electron chi connectivity index (χ0n) is 68.5. The summed E-state index contributed by atoms with van der Waals surface area (Å²) in [7, 11) is 0. The van der Waals surface area contributed by atoms with Crippen LogP contribution in [-0.4, -0.2) is 0 Å². The van der Waals surface area contributed by atoms with Crippen molar-refractivity contribution in [3.05, 3.63) is 0 Å². The first-order valence-corrected chi connectivity index (χ1v) is 41.2. The van der Waals surface area contributed by atoms with Gasteiger partial charge in [0, 0.05) is 0 Å². The van der Waals surface area contributed by atoms with E-state index in [1.807, 2.05) is 0 Å². The maximum absolute atomic E-state index is 2.47. The van der Waals surface area contributed by atoms with Crippen molar-refractivity contribution in [2.24, 2.45) is 144 Å². The van der Waals surface area contributed by atoms with Crippen LogP contribution in [0.15, 0.2) is 0 Å². The molecular weight excluding hydrogens is 1070 g/mol. The Labute approximate surface area is 568 Å². The summed E-state index contributed by atoms with van der Waals surface area (Å²) in [5, 5.41) is 0. The van der Waals surface area contributed by atoms with Gasteiger partial charge in [-0.3, -0.25) is 0 Å². The molecule has 0 aromatic rings. The molecule has 8 aliphatic carbocycles. The molecule has 0 radical (unpaired) electrons. The van der Waals surface area contributed by atoms with E-state index in [1.165, 1.54) is 205 Å². The smallest absolute Gasteiger partial charge is 0.0251 e. The fraction of sp³-hybridized carbons (Fsp3) is 1.00. The summed E-state index contributed by atoms with van der Waals surface area (Å²) in [4.78, 5) is 0. The third-order valence-electron chi connectivity index (χ3n) is 30.8. The minimum Gasteiger partial charge on any atom is -0.0651 e. The summed E-state index contributed by atoms with van der Waals surface area (Å²) in [6, 6.07) is 0. The highest BCUT2D eigenvalue weighted by atomic mass is 14.5. The molecule has 0 aliphatic heterocycles. The molecule has 12 atom stereocenters. The van der Waals surface area contributed by atoms with E-state index in [1.54, 1.807) is 0 Å². The average molecular weight is 1250 g/mol. The Hall–Kier alpha value is 0. The predicted octanol–water partition coefficient (Wildman–Crippen LogP) is 31.1. The molecule has 0 N–H and O–H groups in total. The highest BCUT2D eigenvalue weighted by molar-refractivity contribution is 4.93. The summed E-state index contributed by atoms with van der Waals surface area (Å²) in [5.74, 6) is 16.6. The van der Waals surface area contributed by atoms with Crippen molar-refractivity contribution in [1.82, 2.24) is 0 Å². The van der Waals surface area contributed by atoms with E-state index < -0.39 is 0 Å². The second-order valence-corrected chi connectivity index (χ2v) is 38.5. The molecule has 8 aliphatic rings. The molecule has 89 heavy (non-hydrogen) atoms. The van der Waals surface area contributed by atoms with Crippen molar-refractivity contribution in [1.29, 1.82) is 0 Å². The number of hydrogen-bond acceptors (Lipinski definition) is 0. The SMILES string of the molecule is CC(C)C1(C)CCCC1.CC(C)C1(C)CCCC1C.CC1CCC(C)(C(C)C)C1.CC1CCC(C)(C(C)C)C1.CCC1(C(C)C)CCC(C)CC1.CCC1(C(C)C)CCCCC1.CCC1(C(C)C)CCCCC1C.CCC1C(C)CCC(C(C)C)C1C(C)C. The van der Waals surface area contributed by atoms with Crippen LogP contribution in [-0.2, 0) is 0 Å². The largest absolute Gasteiger partial charge is 0.0651 e. The second kappa shape index (κ2) is 40.7. The van der Waals surface area contributed by atoms with E-state index in [2.05, 4.69) is 222 Å². The molecule has 534 valence electrons. The first kappa shape index (κ1) is 87.0. The molecule has 0 spiro atoms. The molecule has 0 heteroatoms. The topological polar surface area (TPSA) is 0 Å². The summed E-state index contributed by atoms with van der Waals surface area (Å²) in [6.07, 6.45) is 46.6. The first-order valence-electron chi connectivity index (χ1n) is 41.2. The summed E-state index contributed by atoms with van der Waals surface area (Å²) < 4.78 is 0.